The van der Waals surface area contributed by atoms with E-state index < -0.39 is 117 Å². The summed E-state index contributed by atoms with van der Waals surface area (Å²) >= 11 is 0. The highest BCUT2D eigenvalue weighted by molar-refractivity contribution is 5.77. The van der Waals surface area contributed by atoms with E-state index in [9.17, 15) is 60.3 Å². The zero-order valence-corrected chi connectivity index (χ0v) is 21.7. The van der Waals surface area contributed by atoms with Gasteiger partial charge in [0.15, 0.2) is 12.6 Å². The summed E-state index contributed by atoms with van der Waals surface area (Å²) in [5, 5.41) is 95.9. The van der Waals surface area contributed by atoms with Crippen molar-refractivity contribution in [3.63, 3.8) is 0 Å². The Kier molecular flexibility index (Phi) is 13.2. The summed E-state index contributed by atoms with van der Waals surface area (Å²) < 4.78 is 22.0. The Morgan fingerprint density at radius 3 is 1.95 bits per heavy atom. The standard InChI is InChI=1S/C22H38N2O16/c1-7(29)23-9(3-25)19(14(32)10(31)4-26)39-22-18(36)20(16(34)12(6-28)38-22)40-21-13(24-8(2)30)17(35)15(33)11(5-27)37-21/h3,9-22,26-28,31-36H,4-6H2,1-2H3,(H,23,29)(H,24,30)/t9-,10+,11+,12+,13+,14+,15+,16-,17+,18+,19+,20-,21-,22-/m0/s1. The van der Waals surface area contributed by atoms with Crippen molar-refractivity contribution in [1.82, 2.24) is 10.6 Å². The molecule has 0 aromatic heterocycles. The minimum atomic E-state index is -2.03. The van der Waals surface area contributed by atoms with Crippen LogP contribution in [0.25, 0.3) is 0 Å². The highest BCUT2D eigenvalue weighted by Gasteiger charge is 2.52. The van der Waals surface area contributed by atoms with Crippen LogP contribution in [0.4, 0.5) is 0 Å². The van der Waals surface area contributed by atoms with Gasteiger partial charge in [0.2, 0.25) is 11.8 Å². The third-order valence-corrected chi connectivity index (χ3v) is 6.44. The lowest BCUT2D eigenvalue weighted by Gasteiger charge is -2.47. The van der Waals surface area contributed by atoms with Crippen LogP contribution >= 0.6 is 0 Å². The zero-order valence-electron chi connectivity index (χ0n) is 21.7. The van der Waals surface area contributed by atoms with Crippen LogP contribution in [0.15, 0.2) is 0 Å². The highest BCUT2D eigenvalue weighted by atomic mass is 16.7. The van der Waals surface area contributed by atoms with Crippen LogP contribution in [0.2, 0.25) is 0 Å². The molecule has 14 atom stereocenters. The van der Waals surface area contributed by atoms with Gasteiger partial charge in [-0.1, -0.05) is 0 Å². The fraction of sp³-hybridized carbons (Fsp3) is 0.864. The molecule has 2 saturated heterocycles. The van der Waals surface area contributed by atoms with Crippen LogP contribution in [-0.2, 0) is 33.3 Å². The maximum absolute atomic E-state index is 11.7. The van der Waals surface area contributed by atoms with Gasteiger partial charge in [-0.15, -0.1) is 0 Å². The third kappa shape index (κ3) is 8.10. The van der Waals surface area contributed by atoms with Gasteiger partial charge in [0.05, 0.1) is 19.8 Å². The van der Waals surface area contributed by atoms with E-state index in [2.05, 4.69) is 10.6 Å². The van der Waals surface area contributed by atoms with Gasteiger partial charge in [-0.3, -0.25) is 9.59 Å². The highest BCUT2D eigenvalue weighted by Crippen LogP contribution is 2.30. The van der Waals surface area contributed by atoms with Crippen LogP contribution in [0.3, 0.4) is 0 Å². The molecule has 0 unspecified atom stereocenters. The zero-order chi connectivity index (χ0) is 30.3. The van der Waals surface area contributed by atoms with Gasteiger partial charge in [-0.05, 0) is 0 Å². The number of amides is 2. The molecule has 2 amide bonds. The van der Waals surface area contributed by atoms with E-state index in [-0.39, 0.29) is 6.29 Å². The Balaban J connectivity index is 2.39. The SMILES string of the molecule is CC(=O)N[C@H]1[C@H](O[C@H]2[C@@H](O)[C@@H](CO)O[C@@H](O[C@@H]([C@H](O)[C@H](O)CO)[C@H](C=O)NC(C)=O)[C@@H]2O)O[C@H](CO)[C@@H](O)[C@@H]1O. The predicted molar refractivity (Wildman–Crippen MR) is 126 cm³/mol. The van der Waals surface area contributed by atoms with E-state index in [1.807, 2.05) is 0 Å². The van der Waals surface area contributed by atoms with Gasteiger partial charge in [-0.2, -0.15) is 0 Å². The van der Waals surface area contributed by atoms with Crippen molar-refractivity contribution in [1.29, 1.82) is 0 Å². The number of nitrogens with one attached hydrogen (secondary N) is 2. The Hall–Kier alpha value is -1.91. The summed E-state index contributed by atoms with van der Waals surface area (Å²) in [6.45, 7) is -0.546. The predicted octanol–water partition coefficient (Wildman–Crippen LogP) is -7.44. The van der Waals surface area contributed by atoms with Crippen LogP contribution in [0.5, 0.6) is 0 Å². The molecular formula is C22H38N2O16. The van der Waals surface area contributed by atoms with Crippen LogP contribution in [-0.4, -0.2) is 170 Å². The molecule has 2 heterocycles. The number of carbonyl (C=O) groups excluding carboxylic acids is 3. The fourth-order valence-electron chi connectivity index (χ4n) is 4.36. The van der Waals surface area contributed by atoms with E-state index in [0.717, 1.165) is 13.8 Å². The summed E-state index contributed by atoms with van der Waals surface area (Å²) in [5.41, 5.74) is 0. The molecule has 11 N–H and O–H groups in total. The summed E-state index contributed by atoms with van der Waals surface area (Å²) in [5.74, 6) is -1.43. The van der Waals surface area contributed by atoms with E-state index in [1.54, 1.807) is 0 Å². The largest absolute Gasteiger partial charge is 0.394 e. The van der Waals surface area contributed by atoms with Crippen LogP contribution in [0, 0.1) is 0 Å². The molecule has 18 nitrogen and oxygen atoms in total. The number of hydrogen-bond acceptors (Lipinski definition) is 16. The number of rotatable bonds is 13. The summed E-state index contributed by atoms with van der Waals surface area (Å²) in [7, 11) is 0. The number of carbonyl (C=O) groups is 3. The summed E-state index contributed by atoms with van der Waals surface area (Å²) in [4.78, 5) is 35.0. The minimum absolute atomic E-state index is 0.149. The van der Waals surface area contributed by atoms with Gasteiger partial charge >= 0.3 is 0 Å². The van der Waals surface area contributed by atoms with Crippen molar-refractivity contribution in [3.05, 3.63) is 0 Å². The van der Waals surface area contributed by atoms with Crippen LogP contribution < -0.4 is 10.6 Å². The number of ether oxygens (including phenoxy) is 4. The second kappa shape index (κ2) is 15.4. The van der Waals surface area contributed by atoms with Crippen LogP contribution in [0.1, 0.15) is 13.8 Å². The molecule has 0 bridgehead atoms. The molecule has 2 rings (SSSR count). The molecule has 0 spiro atoms. The first-order valence-corrected chi connectivity index (χ1v) is 12.3. The lowest BCUT2D eigenvalue weighted by Crippen LogP contribution is -2.68. The molecular weight excluding hydrogens is 548 g/mol. The number of aliphatic hydroxyl groups is 9. The molecule has 0 radical (unpaired) electrons. The number of aldehydes is 1. The maximum atomic E-state index is 11.7. The van der Waals surface area contributed by atoms with E-state index in [4.69, 9.17) is 18.9 Å². The molecule has 2 aliphatic rings. The lowest BCUT2D eigenvalue weighted by atomic mass is 9.95. The third-order valence-electron chi connectivity index (χ3n) is 6.44. The molecule has 0 aromatic carbocycles. The second-order valence-electron chi connectivity index (χ2n) is 9.44. The van der Waals surface area contributed by atoms with Crippen molar-refractivity contribution in [2.45, 2.75) is 99.6 Å². The van der Waals surface area contributed by atoms with Crippen molar-refractivity contribution < 1.29 is 79.3 Å². The first-order chi connectivity index (χ1) is 18.8. The monoisotopic (exact) mass is 586 g/mol. The summed E-state index contributed by atoms with van der Waals surface area (Å²) in [6.07, 6.45) is -21.2. The van der Waals surface area contributed by atoms with Gasteiger partial charge in [-0.25, -0.2) is 0 Å². The van der Waals surface area contributed by atoms with Crippen molar-refractivity contribution in [2.24, 2.45) is 0 Å². The molecule has 232 valence electrons. The minimum Gasteiger partial charge on any atom is -0.394 e. The van der Waals surface area contributed by atoms with Crippen molar-refractivity contribution in [2.75, 3.05) is 19.8 Å². The lowest BCUT2D eigenvalue weighted by molar-refractivity contribution is -0.356. The Labute approximate surface area is 228 Å². The molecule has 2 fully saturated rings. The molecule has 0 saturated carbocycles. The average Bonchev–Trinajstić information content (AvgIpc) is 2.91. The molecule has 40 heavy (non-hydrogen) atoms. The number of hydrogen-bond donors (Lipinski definition) is 11. The Morgan fingerprint density at radius 2 is 1.45 bits per heavy atom. The average molecular weight is 587 g/mol. The van der Waals surface area contributed by atoms with E-state index in [1.165, 1.54) is 0 Å². The first kappa shape index (κ1) is 34.3. The second-order valence-corrected chi connectivity index (χ2v) is 9.44. The Bertz CT molecular complexity index is 837. The van der Waals surface area contributed by atoms with E-state index >= 15 is 0 Å². The topological polar surface area (TPSA) is 294 Å². The quantitative estimate of drug-likeness (QED) is 0.0893. The van der Waals surface area contributed by atoms with Gasteiger partial charge < -0.3 is 80.3 Å². The first-order valence-electron chi connectivity index (χ1n) is 12.3. The van der Waals surface area contributed by atoms with Crippen molar-refractivity contribution in [3.8, 4) is 0 Å². The molecule has 18 heteroatoms. The normalized spacial score (nSPS) is 37.6. The smallest absolute Gasteiger partial charge is 0.217 e. The molecule has 0 aromatic rings. The van der Waals surface area contributed by atoms with Gasteiger partial charge in [0.25, 0.3) is 0 Å². The van der Waals surface area contributed by atoms with Crippen molar-refractivity contribution >= 4 is 18.1 Å². The van der Waals surface area contributed by atoms with E-state index in [0.29, 0.717) is 0 Å². The Morgan fingerprint density at radius 1 is 0.875 bits per heavy atom. The molecule has 2 aliphatic heterocycles. The van der Waals surface area contributed by atoms with Gasteiger partial charge in [0, 0.05) is 13.8 Å². The summed E-state index contributed by atoms with van der Waals surface area (Å²) in [6, 6.07) is -3.12. The van der Waals surface area contributed by atoms with Gasteiger partial charge in [0.1, 0.15) is 79.4 Å². The maximum Gasteiger partial charge on any atom is 0.217 e. The fourth-order valence-corrected chi connectivity index (χ4v) is 4.36. The number of aliphatic hydroxyl groups excluding tert-OH is 9. The molecule has 0 aliphatic carbocycles.